The monoisotopic (exact) mass is 266 g/mol. The van der Waals surface area contributed by atoms with E-state index >= 15 is 0 Å². The van der Waals surface area contributed by atoms with E-state index in [2.05, 4.69) is 4.98 Å². The first-order valence-corrected chi connectivity index (χ1v) is 6.81. The molecule has 1 aliphatic carbocycles. The molecule has 1 aliphatic rings. The highest BCUT2D eigenvalue weighted by atomic mass is 16.5. The number of ether oxygens (including phenoxy) is 3. The minimum Gasteiger partial charge on any atom is -0.476 e. The molecule has 106 valence electrons. The van der Waals surface area contributed by atoms with Gasteiger partial charge in [-0.25, -0.2) is 0 Å². The summed E-state index contributed by atoms with van der Waals surface area (Å²) in [6.07, 6.45) is 4.62. The molecule has 2 rings (SSSR count). The van der Waals surface area contributed by atoms with Crippen LogP contribution in [0.1, 0.15) is 32.6 Å². The molecule has 0 aliphatic heterocycles. The van der Waals surface area contributed by atoms with Gasteiger partial charge in [-0.05, 0) is 32.3 Å². The second kappa shape index (κ2) is 6.61. The molecule has 1 aromatic heterocycles. The summed E-state index contributed by atoms with van der Waals surface area (Å²) in [5.41, 5.74) is 6.32. The first kappa shape index (κ1) is 13.9. The highest BCUT2D eigenvalue weighted by molar-refractivity contribution is 5.49. The lowest BCUT2D eigenvalue weighted by atomic mass is 9.95. The fourth-order valence-corrected chi connectivity index (χ4v) is 2.35. The number of hydrogen-bond donors (Lipinski definition) is 1. The van der Waals surface area contributed by atoms with Crippen molar-refractivity contribution >= 4 is 5.69 Å². The molecule has 2 atom stereocenters. The normalized spacial score (nSPS) is 23.1. The zero-order valence-electron chi connectivity index (χ0n) is 11.6. The Morgan fingerprint density at radius 2 is 2.11 bits per heavy atom. The summed E-state index contributed by atoms with van der Waals surface area (Å²) in [4.78, 5) is 4.30. The first-order valence-electron chi connectivity index (χ1n) is 6.81. The molecule has 0 spiro atoms. The number of anilines is 1. The molecule has 2 N–H and O–H groups in total. The largest absolute Gasteiger partial charge is 0.476 e. The molecule has 2 unspecified atom stereocenters. The zero-order chi connectivity index (χ0) is 13.7. The number of nitrogens with two attached hydrogens (primary N) is 1. The number of pyridine rings is 1. The van der Waals surface area contributed by atoms with Gasteiger partial charge in [0.1, 0.15) is 6.10 Å². The van der Waals surface area contributed by atoms with Crippen molar-refractivity contribution in [1.82, 2.24) is 4.98 Å². The van der Waals surface area contributed by atoms with E-state index in [1.54, 1.807) is 19.2 Å². The summed E-state index contributed by atoms with van der Waals surface area (Å²) in [5, 5.41) is 0. The van der Waals surface area contributed by atoms with Crippen LogP contribution in [0.25, 0.3) is 0 Å². The Labute approximate surface area is 114 Å². The minimum absolute atomic E-state index is 0.157. The molecule has 0 radical (unpaired) electrons. The zero-order valence-corrected chi connectivity index (χ0v) is 11.6. The minimum atomic E-state index is 0.157. The number of methoxy groups -OCH3 is 1. The van der Waals surface area contributed by atoms with Gasteiger partial charge in [0, 0.05) is 19.6 Å². The van der Waals surface area contributed by atoms with E-state index in [4.69, 9.17) is 19.9 Å². The quantitative estimate of drug-likeness (QED) is 0.886. The summed E-state index contributed by atoms with van der Waals surface area (Å²) in [5.74, 6) is 1.01. The summed E-state index contributed by atoms with van der Waals surface area (Å²) >= 11 is 0. The van der Waals surface area contributed by atoms with Gasteiger partial charge < -0.3 is 19.9 Å². The maximum Gasteiger partial charge on any atom is 0.240 e. The third kappa shape index (κ3) is 3.73. The average Bonchev–Trinajstić information content (AvgIpc) is 2.43. The van der Waals surface area contributed by atoms with E-state index < -0.39 is 0 Å². The molecule has 5 heteroatoms. The number of aromatic nitrogens is 1. The second-order valence-electron chi connectivity index (χ2n) is 4.74. The van der Waals surface area contributed by atoms with E-state index in [0.29, 0.717) is 30.2 Å². The Kier molecular flexibility index (Phi) is 4.85. The van der Waals surface area contributed by atoms with Gasteiger partial charge in [0.2, 0.25) is 11.8 Å². The fraction of sp³-hybridized carbons (Fsp3) is 0.643. The smallest absolute Gasteiger partial charge is 0.240 e. The van der Waals surface area contributed by atoms with Gasteiger partial charge in [0.25, 0.3) is 0 Å². The van der Waals surface area contributed by atoms with Crippen LogP contribution in [-0.4, -0.2) is 30.9 Å². The third-order valence-electron chi connectivity index (χ3n) is 3.34. The van der Waals surface area contributed by atoms with Gasteiger partial charge in [-0.2, -0.15) is 4.98 Å². The van der Waals surface area contributed by atoms with Crippen molar-refractivity contribution in [2.45, 2.75) is 44.8 Å². The van der Waals surface area contributed by atoms with Crippen molar-refractivity contribution in [1.29, 1.82) is 0 Å². The van der Waals surface area contributed by atoms with Crippen LogP contribution in [0.2, 0.25) is 0 Å². The van der Waals surface area contributed by atoms with Gasteiger partial charge in [-0.15, -0.1) is 0 Å². The molecule has 0 amide bonds. The van der Waals surface area contributed by atoms with Crippen molar-refractivity contribution in [3.63, 3.8) is 0 Å². The molecule has 1 aromatic rings. The molecule has 19 heavy (non-hydrogen) atoms. The Morgan fingerprint density at radius 3 is 2.84 bits per heavy atom. The van der Waals surface area contributed by atoms with Gasteiger partial charge in [-0.1, -0.05) is 0 Å². The predicted molar refractivity (Wildman–Crippen MR) is 73.5 cm³/mol. The number of nitrogen functional groups attached to an aromatic ring is 1. The highest BCUT2D eigenvalue weighted by Crippen LogP contribution is 2.27. The molecule has 1 saturated carbocycles. The maximum absolute atomic E-state index is 5.90. The van der Waals surface area contributed by atoms with Crippen LogP contribution in [0, 0.1) is 0 Å². The Hall–Kier alpha value is -1.49. The molecular formula is C14H22N2O3. The van der Waals surface area contributed by atoms with Crippen LogP contribution in [0.15, 0.2) is 12.1 Å². The van der Waals surface area contributed by atoms with Crippen LogP contribution in [0.4, 0.5) is 5.69 Å². The lowest BCUT2D eigenvalue weighted by Gasteiger charge is -2.28. The Morgan fingerprint density at radius 1 is 1.32 bits per heavy atom. The van der Waals surface area contributed by atoms with Gasteiger partial charge in [0.15, 0.2) is 0 Å². The van der Waals surface area contributed by atoms with Crippen LogP contribution < -0.4 is 15.2 Å². The van der Waals surface area contributed by atoms with Gasteiger partial charge >= 0.3 is 0 Å². The van der Waals surface area contributed by atoms with Crippen molar-refractivity contribution in [2.24, 2.45) is 0 Å². The standard InChI is InChI=1S/C14H22N2O3/c1-3-18-14-12(15)7-8-13(16-14)19-11-6-4-5-10(9-11)17-2/h7-8,10-11H,3-6,9,15H2,1-2H3. The van der Waals surface area contributed by atoms with E-state index in [9.17, 15) is 0 Å². The summed E-state index contributed by atoms with van der Waals surface area (Å²) in [7, 11) is 1.75. The van der Waals surface area contributed by atoms with E-state index in [-0.39, 0.29) is 6.10 Å². The third-order valence-corrected chi connectivity index (χ3v) is 3.34. The lowest BCUT2D eigenvalue weighted by Crippen LogP contribution is -2.29. The molecule has 1 fully saturated rings. The predicted octanol–water partition coefficient (Wildman–Crippen LogP) is 2.40. The Balaban J connectivity index is 2.00. The molecule has 5 nitrogen and oxygen atoms in total. The van der Waals surface area contributed by atoms with Gasteiger partial charge in [0.05, 0.1) is 18.4 Å². The number of nitrogens with zero attached hydrogens (tertiary/aromatic N) is 1. The van der Waals surface area contributed by atoms with E-state index in [0.717, 1.165) is 25.7 Å². The number of hydrogen-bond acceptors (Lipinski definition) is 5. The molecular weight excluding hydrogens is 244 g/mol. The SMILES string of the molecule is CCOc1nc(OC2CCCC(OC)C2)ccc1N. The summed E-state index contributed by atoms with van der Waals surface area (Å²) in [6.45, 7) is 2.44. The van der Waals surface area contributed by atoms with Gasteiger partial charge in [-0.3, -0.25) is 0 Å². The lowest BCUT2D eigenvalue weighted by molar-refractivity contribution is 0.0193. The van der Waals surface area contributed by atoms with Crippen molar-refractivity contribution in [2.75, 3.05) is 19.5 Å². The van der Waals surface area contributed by atoms with Crippen molar-refractivity contribution in [3.05, 3.63) is 12.1 Å². The molecule has 1 heterocycles. The van der Waals surface area contributed by atoms with Crippen LogP contribution in [0.3, 0.4) is 0 Å². The second-order valence-corrected chi connectivity index (χ2v) is 4.74. The van der Waals surface area contributed by atoms with Crippen LogP contribution >= 0.6 is 0 Å². The topological polar surface area (TPSA) is 66.6 Å². The highest BCUT2D eigenvalue weighted by Gasteiger charge is 2.23. The molecule has 0 bridgehead atoms. The van der Waals surface area contributed by atoms with Crippen molar-refractivity contribution < 1.29 is 14.2 Å². The Bertz CT molecular complexity index is 412. The first-order chi connectivity index (χ1) is 9.22. The fourth-order valence-electron chi connectivity index (χ4n) is 2.35. The number of rotatable bonds is 5. The summed E-state index contributed by atoms with van der Waals surface area (Å²) < 4.78 is 16.7. The summed E-state index contributed by atoms with van der Waals surface area (Å²) in [6, 6.07) is 3.55. The van der Waals surface area contributed by atoms with E-state index in [1.165, 1.54) is 0 Å². The van der Waals surface area contributed by atoms with Crippen molar-refractivity contribution in [3.8, 4) is 11.8 Å². The van der Waals surface area contributed by atoms with Crippen LogP contribution in [0.5, 0.6) is 11.8 Å². The molecule has 0 aromatic carbocycles. The maximum atomic E-state index is 5.90. The van der Waals surface area contributed by atoms with Crippen LogP contribution in [-0.2, 0) is 4.74 Å². The van der Waals surface area contributed by atoms with E-state index in [1.807, 2.05) is 6.92 Å². The molecule has 0 saturated heterocycles. The average molecular weight is 266 g/mol.